The molecule has 0 unspecified atom stereocenters. The molecule has 19 heavy (non-hydrogen) atoms. The molecule has 3 nitrogen and oxygen atoms in total. The topological polar surface area (TPSA) is 46.2 Å². The van der Waals surface area contributed by atoms with E-state index in [1.54, 1.807) is 0 Å². The van der Waals surface area contributed by atoms with E-state index in [2.05, 4.69) is 4.72 Å². The second-order valence-corrected chi connectivity index (χ2v) is 7.66. The van der Waals surface area contributed by atoms with Crippen molar-refractivity contribution in [2.24, 2.45) is 0 Å². The van der Waals surface area contributed by atoms with Crippen LogP contribution in [0.25, 0.3) is 0 Å². The molecule has 102 valence electrons. The molecule has 0 atom stereocenters. The van der Waals surface area contributed by atoms with E-state index in [0.717, 1.165) is 11.3 Å². The van der Waals surface area contributed by atoms with E-state index in [-0.39, 0.29) is 21.6 Å². The fraction of sp³-hybridized carbons (Fsp3) is 0.0909. The molecular weight excluding hydrogens is 332 g/mol. The van der Waals surface area contributed by atoms with Crippen molar-refractivity contribution < 1.29 is 12.8 Å². The first kappa shape index (κ1) is 14.7. The van der Waals surface area contributed by atoms with Crippen LogP contribution in [0.2, 0.25) is 8.67 Å². The number of benzene rings is 1. The Kier molecular flexibility index (Phi) is 4.47. The van der Waals surface area contributed by atoms with E-state index < -0.39 is 10.0 Å². The van der Waals surface area contributed by atoms with Crippen molar-refractivity contribution in [1.29, 1.82) is 0 Å². The maximum absolute atomic E-state index is 12.7. The van der Waals surface area contributed by atoms with Gasteiger partial charge in [-0.15, -0.1) is 11.3 Å². The van der Waals surface area contributed by atoms with Crippen molar-refractivity contribution in [3.05, 3.63) is 50.4 Å². The first-order valence-corrected chi connectivity index (χ1v) is 8.13. The lowest BCUT2D eigenvalue weighted by molar-refractivity contribution is 0.581. The molecule has 2 aromatic rings. The molecule has 0 saturated carbocycles. The Morgan fingerprint density at radius 1 is 1.21 bits per heavy atom. The van der Waals surface area contributed by atoms with Gasteiger partial charge in [-0.25, -0.2) is 17.5 Å². The summed E-state index contributed by atoms with van der Waals surface area (Å²) < 4.78 is 39.5. The van der Waals surface area contributed by atoms with Gasteiger partial charge in [-0.1, -0.05) is 35.3 Å². The number of sulfonamides is 1. The van der Waals surface area contributed by atoms with Crippen LogP contribution in [0.4, 0.5) is 4.39 Å². The Labute approximate surface area is 124 Å². The van der Waals surface area contributed by atoms with E-state index in [9.17, 15) is 12.8 Å². The van der Waals surface area contributed by atoms with Gasteiger partial charge >= 0.3 is 0 Å². The second kappa shape index (κ2) is 5.76. The van der Waals surface area contributed by atoms with Crippen LogP contribution in [0.3, 0.4) is 0 Å². The van der Waals surface area contributed by atoms with Crippen LogP contribution in [-0.4, -0.2) is 8.42 Å². The maximum Gasteiger partial charge on any atom is 0.243 e. The van der Waals surface area contributed by atoms with Crippen molar-refractivity contribution in [2.45, 2.75) is 11.4 Å². The molecule has 0 saturated heterocycles. The van der Waals surface area contributed by atoms with Crippen LogP contribution >= 0.6 is 34.5 Å². The summed E-state index contributed by atoms with van der Waals surface area (Å²) in [5.74, 6) is -0.376. The Balaban J connectivity index is 2.14. The summed E-state index contributed by atoms with van der Waals surface area (Å²) in [6.45, 7) is 0.0480. The molecule has 1 aromatic heterocycles. The van der Waals surface area contributed by atoms with Crippen molar-refractivity contribution in [3.63, 3.8) is 0 Å². The average molecular weight is 340 g/mol. The first-order chi connectivity index (χ1) is 8.88. The summed E-state index contributed by atoms with van der Waals surface area (Å²) in [5.41, 5.74) is 0.641. The number of thiophene rings is 1. The maximum atomic E-state index is 12.7. The summed E-state index contributed by atoms with van der Waals surface area (Å²) in [7, 11) is -3.73. The number of hydrogen-bond acceptors (Lipinski definition) is 3. The van der Waals surface area contributed by atoms with Gasteiger partial charge in [0, 0.05) is 6.54 Å². The highest BCUT2D eigenvalue weighted by atomic mass is 35.5. The monoisotopic (exact) mass is 339 g/mol. The van der Waals surface area contributed by atoms with Crippen LogP contribution in [0.5, 0.6) is 0 Å². The average Bonchev–Trinajstić information content (AvgIpc) is 2.69. The number of hydrogen-bond donors (Lipinski definition) is 1. The third-order valence-corrected chi connectivity index (χ3v) is 5.45. The molecule has 0 amide bonds. The van der Waals surface area contributed by atoms with Gasteiger partial charge in [-0.2, -0.15) is 0 Å². The highest BCUT2D eigenvalue weighted by Gasteiger charge is 2.20. The van der Waals surface area contributed by atoms with Crippen LogP contribution in [0.1, 0.15) is 5.56 Å². The van der Waals surface area contributed by atoms with Gasteiger partial charge in [-0.3, -0.25) is 0 Å². The smallest absolute Gasteiger partial charge is 0.207 e. The van der Waals surface area contributed by atoms with Gasteiger partial charge in [0.15, 0.2) is 0 Å². The lowest BCUT2D eigenvalue weighted by Crippen LogP contribution is -2.23. The van der Waals surface area contributed by atoms with Crippen molar-refractivity contribution in [3.8, 4) is 0 Å². The van der Waals surface area contributed by atoms with Gasteiger partial charge in [0.2, 0.25) is 10.0 Å². The van der Waals surface area contributed by atoms with Gasteiger partial charge in [0.1, 0.15) is 15.0 Å². The van der Waals surface area contributed by atoms with Crippen LogP contribution in [0, 0.1) is 5.82 Å². The minimum atomic E-state index is -3.73. The first-order valence-electron chi connectivity index (χ1n) is 5.07. The minimum Gasteiger partial charge on any atom is -0.207 e. The van der Waals surface area contributed by atoms with Gasteiger partial charge < -0.3 is 0 Å². The third-order valence-electron chi connectivity index (χ3n) is 2.29. The predicted molar refractivity (Wildman–Crippen MR) is 74.8 cm³/mol. The number of halogens is 3. The molecular formula is C11H8Cl2FNO2S2. The lowest BCUT2D eigenvalue weighted by Gasteiger charge is -2.05. The van der Waals surface area contributed by atoms with Gasteiger partial charge in [0.05, 0.1) is 4.34 Å². The van der Waals surface area contributed by atoms with Gasteiger partial charge in [-0.05, 0) is 23.8 Å². The minimum absolute atomic E-state index is 0.0480. The standard InChI is InChI=1S/C11H8Cl2FNO2S2/c12-10-5-9(11(13)18-10)19(16,17)15-6-7-1-3-8(14)4-2-7/h1-5,15H,6H2. The Morgan fingerprint density at radius 3 is 2.37 bits per heavy atom. The quantitative estimate of drug-likeness (QED) is 0.923. The fourth-order valence-electron chi connectivity index (χ4n) is 1.37. The third kappa shape index (κ3) is 3.67. The lowest BCUT2D eigenvalue weighted by atomic mass is 10.2. The summed E-state index contributed by atoms with van der Waals surface area (Å²) >= 11 is 12.5. The molecule has 0 radical (unpaired) electrons. The Hall–Kier alpha value is -0.660. The molecule has 0 bridgehead atoms. The molecule has 0 spiro atoms. The van der Waals surface area contributed by atoms with E-state index in [0.29, 0.717) is 9.90 Å². The van der Waals surface area contributed by atoms with Crippen molar-refractivity contribution in [2.75, 3.05) is 0 Å². The van der Waals surface area contributed by atoms with Crippen molar-refractivity contribution in [1.82, 2.24) is 4.72 Å². The summed E-state index contributed by atoms with van der Waals surface area (Å²) in [4.78, 5) is -0.0497. The summed E-state index contributed by atoms with van der Waals surface area (Å²) in [6, 6.07) is 6.82. The zero-order valence-electron chi connectivity index (χ0n) is 9.36. The van der Waals surface area contributed by atoms with Crippen LogP contribution in [-0.2, 0) is 16.6 Å². The Morgan fingerprint density at radius 2 is 1.84 bits per heavy atom. The molecule has 8 heteroatoms. The van der Waals surface area contributed by atoms with E-state index in [1.807, 2.05) is 0 Å². The summed E-state index contributed by atoms with van der Waals surface area (Å²) in [5, 5.41) is 0. The molecule has 0 aliphatic carbocycles. The molecule has 0 aliphatic heterocycles. The van der Waals surface area contributed by atoms with Crippen LogP contribution in [0.15, 0.2) is 35.2 Å². The highest BCUT2D eigenvalue weighted by Crippen LogP contribution is 2.34. The van der Waals surface area contributed by atoms with E-state index in [4.69, 9.17) is 23.2 Å². The van der Waals surface area contributed by atoms with Gasteiger partial charge in [0.25, 0.3) is 0 Å². The molecule has 1 N–H and O–H groups in total. The zero-order chi connectivity index (χ0) is 14.0. The largest absolute Gasteiger partial charge is 0.243 e. The second-order valence-electron chi connectivity index (χ2n) is 3.64. The number of rotatable bonds is 4. The normalized spacial score (nSPS) is 11.7. The Bertz CT molecular complexity index is 683. The van der Waals surface area contributed by atoms with E-state index >= 15 is 0 Å². The highest BCUT2D eigenvalue weighted by molar-refractivity contribution is 7.89. The van der Waals surface area contributed by atoms with Crippen molar-refractivity contribution >= 4 is 44.6 Å². The molecule has 1 heterocycles. The zero-order valence-corrected chi connectivity index (χ0v) is 12.5. The van der Waals surface area contributed by atoms with Crippen LogP contribution < -0.4 is 4.72 Å². The SMILES string of the molecule is O=S(=O)(NCc1ccc(F)cc1)c1cc(Cl)sc1Cl. The van der Waals surface area contributed by atoms with E-state index in [1.165, 1.54) is 30.3 Å². The summed E-state index contributed by atoms with van der Waals surface area (Å²) in [6.07, 6.45) is 0. The molecule has 1 aromatic carbocycles. The fourth-order valence-corrected chi connectivity index (χ4v) is 4.53. The molecule has 0 fully saturated rings. The molecule has 2 rings (SSSR count). The number of nitrogens with one attached hydrogen (secondary N) is 1. The predicted octanol–water partition coefficient (Wildman–Crippen LogP) is 3.67. The molecule has 0 aliphatic rings.